The second-order valence-electron chi connectivity index (χ2n) is 8.89. The van der Waals surface area contributed by atoms with Gasteiger partial charge in [-0.3, -0.25) is 9.59 Å². The fourth-order valence-electron chi connectivity index (χ4n) is 4.16. The van der Waals surface area contributed by atoms with Crippen molar-refractivity contribution in [2.75, 3.05) is 13.1 Å². The van der Waals surface area contributed by atoms with E-state index in [9.17, 15) is 22.8 Å². The quantitative estimate of drug-likeness (QED) is 0.465. The number of benzene rings is 1. The average Bonchev–Trinajstić information content (AvgIpc) is 3.03. The van der Waals surface area contributed by atoms with Crippen molar-refractivity contribution in [3.8, 4) is 5.75 Å². The fraction of sp³-hybridized carbons (Fsp3) is 0.583. The van der Waals surface area contributed by atoms with E-state index in [4.69, 9.17) is 0 Å². The highest BCUT2D eigenvalue weighted by molar-refractivity contribution is 8.01. The first-order chi connectivity index (χ1) is 15.6. The summed E-state index contributed by atoms with van der Waals surface area (Å²) in [5.41, 5.74) is 1.92. The number of halogens is 3. The summed E-state index contributed by atoms with van der Waals surface area (Å²) in [7, 11) is 0. The van der Waals surface area contributed by atoms with E-state index in [1.807, 2.05) is 13.8 Å². The van der Waals surface area contributed by atoms with Crippen molar-refractivity contribution in [2.45, 2.75) is 69.4 Å². The third-order valence-corrected chi connectivity index (χ3v) is 7.08. The summed E-state index contributed by atoms with van der Waals surface area (Å²) >= 11 is 1.31. The van der Waals surface area contributed by atoms with Gasteiger partial charge in [0.15, 0.2) is 0 Å². The maximum atomic E-state index is 13.1. The molecule has 1 saturated heterocycles. The molecule has 3 rings (SSSR count). The lowest BCUT2D eigenvalue weighted by Crippen LogP contribution is -2.36. The first kappa shape index (κ1) is 25.5. The van der Waals surface area contributed by atoms with Crippen LogP contribution in [0.5, 0.6) is 5.75 Å². The Labute approximate surface area is 197 Å². The SMILES string of the molecule is CC(C)CN1C(=O)C(CC(=O)NCCC2=CCCCC2)SC1c1cccc(OC(F)(F)F)c1. The van der Waals surface area contributed by atoms with Crippen LogP contribution in [0, 0.1) is 5.92 Å². The minimum atomic E-state index is -4.79. The zero-order chi connectivity index (χ0) is 24.0. The summed E-state index contributed by atoms with van der Waals surface area (Å²) in [5, 5.41) is 1.87. The van der Waals surface area contributed by atoms with Gasteiger partial charge in [-0.05, 0) is 55.7 Å². The van der Waals surface area contributed by atoms with Crippen molar-refractivity contribution < 1.29 is 27.5 Å². The first-order valence-corrected chi connectivity index (χ1v) is 12.3. The molecule has 0 radical (unpaired) electrons. The predicted molar refractivity (Wildman–Crippen MR) is 123 cm³/mol. The molecule has 0 spiro atoms. The van der Waals surface area contributed by atoms with Crippen LogP contribution in [0.1, 0.15) is 63.3 Å². The minimum Gasteiger partial charge on any atom is -0.406 e. The van der Waals surface area contributed by atoms with Gasteiger partial charge in [-0.1, -0.05) is 37.6 Å². The fourth-order valence-corrected chi connectivity index (χ4v) is 5.61. The van der Waals surface area contributed by atoms with Gasteiger partial charge >= 0.3 is 6.36 Å². The number of ether oxygens (including phenoxy) is 1. The molecular formula is C24H31F3N2O3S. The minimum absolute atomic E-state index is 0.0480. The van der Waals surface area contributed by atoms with Crippen LogP contribution in [0.2, 0.25) is 0 Å². The maximum absolute atomic E-state index is 13.1. The van der Waals surface area contributed by atoms with Crippen molar-refractivity contribution in [2.24, 2.45) is 5.92 Å². The molecule has 1 aromatic carbocycles. The van der Waals surface area contributed by atoms with E-state index in [1.54, 1.807) is 11.0 Å². The molecule has 1 N–H and O–H groups in total. The summed E-state index contributed by atoms with van der Waals surface area (Å²) in [6.07, 6.45) is 2.91. The Bertz CT molecular complexity index is 873. The number of amides is 2. The predicted octanol–water partition coefficient (Wildman–Crippen LogP) is 5.58. The van der Waals surface area contributed by atoms with Crippen molar-refractivity contribution in [1.29, 1.82) is 0 Å². The number of carbonyl (C=O) groups is 2. The van der Waals surface area contributed by atoms with Gasteiger partial charge in [0.1, 0.15) is 11.1 Å². The number of carbonyl (C=O) groups excluding carboxylic acids is 2. The van der Waals surface area contributed by atoms with Crippen molar-refractivity contribution in [3.05, 3.63) is 41.5 Å². The van der Waals surface area contributed by atoms with E-state index in [0.717, 1.165) is 19.3 Å². The van der Waals surface area contributed by atoms with E-state index in [0.29, 0.717) is 18.7 Å². The third-order valence-electron chi connectivity index (χ3n) is 5.60. The molecule has 1 aliphatic carbocycles. The van der Waals surface area contributed by atoms with Crippen molar-refractivity contribution in [3.63, 3.8) is 0 Å². The van der Waals surface area contributed by atoms with Crippen LogP contribution in [-0.2, 0) is 9.59 Å². The molecule has 0 bridgehead atoms. The molecule has 1 heterocycles. The number of thioether (sulfide) groups is 1. The molecule has 2 unspecified atom stereocenters. The number of allylic oxidation sites excluding steroid dienone is 1. The lowest BCUT2D eigenvalue weighted by molar-refractivity contribution is -0.274. The van der Waals surface area contributed by atoms with Crippen LogP contribution in [0.3, 0.4) is 0 Å². The van der Waals surface area contributed by atoms with Gasteiger partial charge in [0.05, 0.1) is 5.25 Å². The topological polar surface area (TPSA) is 58.6 Å². The van der Waals surface area contributed by atoms with Gasteiger partial charge in [0.25, 0.3) is 0 Å². The smallest absolute Gasteiger partial charge is 0.406 e. The lowest BCUT2D eigenvalue weighted by Gasteiger charge is -2.26. The summed E-state index contributed by atoms with van der Waals surface area (Å²) < 4.78 is 42.0. The number of rotatable bonds is 9. The molecule has 0 saturated carbocycles. The molecule has 182 valence electrons. The molecule has 1 aliphatic heterocycles. The number of hydrogen-bond donors (Lipinski definition) is 1. The standard InChI is InChI=1S/C24H31F3N2O3S/c1-16(2)15-29-22(31)20(14-21(30)28-12-11-17-7-4-3-5-8-17)33-23(29)18-9-6-10-19(13-18)32-24(25,26)27/h6-7,9-10,13,16,20,23H,3-5,8,11-12,14-15H2,1-2H3,(H,28,30). The normalized spacial score (nSPS) is 21.3. The number of hydrogen-bond acceptors (Lipinski definition) is 4. The molecule has 33 heavy (non-hydrogen) atoms. The van der Waals surface area contributed by atoms with E-state index in [2.05, 4.69) is 16.1 Å². The Balaban J connectivity index is 1.64. The zero-order valence-corrected chi connectivity index (χ0v) is 19.8. The number of nitrogens with one attached hydrogen (secondary N) is 1. The van der Waals surface area contributed by atoms with E-state index in [-0.39, 0.29) is 29.9 Å². The molecule has 1 aromatic rings. The highest BCUT2D eigenvalue weighted by Crippen LogP contribution is 2.45. The van der Waals surface area contributed by atoms with E-state index < -0.39 is 17.0 Å². The molecule has 9 heteroatoms. The Morgan fingerprint density at radius 2 is 2.09 bits per heavy atom. The van der Waals surface area contributed by atoms with Crippen LogP contribution in [-0.4, -0.2) is 41.4 Å². The van der Waals surface area contributed by atoms with Gasteiger partial charge in [-0.15, -0.1) is 24.9 Å². The average molecular weight is 485 g/mol. The van der Waals surface area contributed by atoms with Gasteiger partial charge in [0, 0.05) is 19.5 Å². The Morgan fingerprint density at radius 1 is 1.30 bits per heavy atom. The molecule has 1 fully saturated rings. The van der Waals surface area contributed by atoms with E-state index in [1.165, 1.54) is 48.4 Å². The highest BCUT2D eigenvalue weighted by atomic mass is 32.2. The molecule has 0 aromatic heterocycles. The van der Waals surface area contributed by atoms with Gasteiger partial charge in [-0.25, -0.2) is 0 Å². The van der Waals surface area contributed by atoms with Gasteiger partial charge in [0.2, 0.25) is 11.8 Å². The summed E-state index contributed by atoms with van der Waals surface area (Å²) in [6.45, 7) is 4.94. The maximum Gasteiger partial charge on any atom is 0.573 e. The molecular weight excluding hydrogens is 453 g/mol. The van der Waals surface area contributed by atoms with Crippen molar-refractivity contribution in [1.82, 2.24) is 10.2 Å². The third kappa shape index (κ3) is 7.69. The van der Waals surface area contributed by atoms with Crippen LogP contribution < -0.4 is 10.1 Å². The summed E-state index contributed by atoms with van der Waals surface area (Å²) in [4.78, 5) is 27.3. The van der Waals surface area contributed by atoms with Crippen LogP contribution in [0.4, 0.5) is 13.2 Å². The summed E-state index contributed by atoms with van der Waals surface area (Å²) in [6, 6.07) is 5.71. The highest BCUT2D eigenvalue weighted by Gasteiger charge is 2.42. The van der Waals surface area contributed by atoms with Crippen LogP contribution in [0.25, 0.3) is 0 Å². The number of nitrogens with zero attached hydrogens (tertiary/aromatic N) is 1. The Hall–Kier alpha value is -2.16. The molecule has 5 nitrogen and oxygen atoms in total. The lowest BCUT2D eigenvalue weighted by atomic mass is 9.97. The zero-order valence-electron chi connectivity index (χ0n) is 19.0. The second-order valence-corrected chi connectivity index (χ2v) is 10.2. The molecule has 2 atom stereocenters. The van der Waals surface area contributed by atoms with Gasteiger partial charge in [-0.2, -0.15) is 0 Å². The number of alkyl halides is 3. The monoisotopic (exact) mass is 484 g/mol. The van der Waals surface area contributed by atoms with Crippen LogP contribution in [0.15, 0.2) is 35.9 Å². The molecule has 2 aliphatic rings. The van der Waals surface area contributed by atoms with E-state index >= 15 is 0 Å². The second kappa shape index (κ2) is 11.3. The van der Waals surface area contributed by atoms with Crippen LogP contribution >= 0.6 is 11.8 Å². The first-order valence-electron chi connectivity index (χ1n) is 11.4. The Morgan fingerprint density at radius 3 is 2.76 bits per heavy atom. The van der Waals surface area contributed by atoms with Crippen molar-refractivity contribution >= 4 is 23.6 Å². The molecule has 2 amide bonds. The summed E-state index contributed by atoms with van der Waals surface area (Å²) in [5.74, 6) is -0.499. The Kier molecular flexibility index (Phi) is 8.73. The largest absolute Gasteiger partial charge is 0.573 e. The van der Waals surface area contributed by atoms with Gasteiger partial charge < -0.3 is 15.0 Å².